The number of nitrogens with zero attached hydrogens (tertiary/aromatic N) is 3. The predicted octanol–water partition coefficient (Wildman–Crippen LogP) is 1.61. The van der Waals surface area contributed by atoms with E-state index in [1.54, 1.807) is 0 Å². The summed E-state index contributed by atoms with van der Waals surface area (Å²) in [5.41, 5.74) is 0.348. The highest BCUT2D eigenvalue weighted by molar-refractivity contribution is 5.93. The number of halogens is 2. The Kier molecular flexibility index (Phi) is 2.83. The number of hydrogen-bond donors (Lipinski definition) is 0. The molecule has 0 saturated carbocycles. The summed E-state index contributed by atoms with van der Waals surface area (Å²) in [6.45, 7) is 1.31. The summed E-state index contributed by atoms with van der Waals surface area (Å²) in [4.78, 5) is 14.6. The highest BCUT2D eigenvalue weighted by Crippen LogP contribution is 2.16. The molecule has 6 heteroatoms. The Morgan fingerprint density at radius 1 is 1.47 bits per heavy atom. The number of hydrogen-bond acceptors (Lipinski definition) is 3. The van der Waals surface area contributed by atoms with Crippen molar-refractivity contribution in [1.29, 1.82) is 0 Å². The molecule has 0 saturated heterocycles. The molecule has 0 bridgehead atoms. The van der Waals surface area contributed by atoms with E-state index < -0.39 is 6.43 Å². The van der Waals surface area contributed by atoms with Crippen LogP contribution in [0.15, 0.2) is 18.3 Å². The topological polar surface area (TPSA) is 47.3 Å². The van der Waals surface area contributed by atoms with Gasteiger partial charge in [-0.15, -0.1) is 0 Å². The fourth-order valence-corrected chi connectivity index (χ4v) is 1.24. The van der Waals surface area contributed by atoms with Crippen LogP contribution < -0.4 is 0 Å². The molecule has 0 unspecified atom stereocenters. The van der Waals surface area contributed by atoms with Crippen LogP contribution in [-0.4, -0.2) is 20.4 Å². The number of imidazole rings is 1. The number of rotatable bonds is 1. The Morgan fingerprint density at radius 2 is 2.24 bits per heavy atom. The number of carbonyl (C=O) groups excluding carboxylic acids is 1. The summed E-state index contributed by atoms with van der Waals surface area (Å²) in [5, 5.41) is 3.70. The van der Waals surface area contributed by atoms with Crippen molar-refractivity contribution < 1.29 is 13.6 Å². The first-order valence-corrected chi connectivity index (χ1v) is 4.73. The van der Waals surface area contributed by atoms with Crippen LogP contribution in [0.4, 0.5) is 8.78 Å². The van der Waals surface area contributed by atoms with Crippen LogP contribution in [0.25, 0.3) is 5.65 Å². The first-order valence-electron chi connectivity index (χ1n) is 4.73. The number of Topliss-reactive ketones (excluding diaryl/α,β-unsaturated/α-hetero) is 1. The molecule has 2 heterocycles. The summed E-state index contributed by atoms with van der Waals surface area (Å²) in [5.74, 6) is 4.52. The van der Waals surface area contributed by atoms with Gasteiger partial charge < -0.3 is 0 Å². The van der Waals surface area contributed by atoms with Gasteiger partial charge in [-0.05, 0) is 24.0 Å². The van der Waals surface area contributed by atoms with Gasteiger partial charge in [-0.1, -0.05) is 0 Å². The summed E-state index contributed by atoms with van der Waals surface area (Å²) in [6.07, 6.45) is -1.27. The number of carbonyl (C=O) groups is 1. The second-order valence-corrected chi connectivity index (χ2v) is 3.28. The summed E-state index contributed by atoms with van der Waals surface area (Å²) in [6, 6.07) is 2.63. The van der Waals surface area contributed by atoms with Gasteiger partial charge in [0.25, 0.3) is 6.43 Å². The van der Waals surface area contributed by atoms with E-state index in [0.29, 0.717) is 11.3 Å². The van der Waals surface area contributed by atoms with Crippen LogP contribution >= 0.6 is 0 Å². The molecule has 2 aromatic rings. The third-order valence-electron chi connectivity index (χ3n) is 1.97. The molecule has 0 aromatic carbocycles. The van der Waals surface area contributed by atoms with E-state index in [9.17, 15) is 13.6 Å². The van der Waals surface area contributed by atoms with Crippen LogP contribution in [0.2, 0.25) is 0 Å². The van der Waals surface area contributed by atoms with E-state index in [2.05, 4.69) is 21.9 Å². The van der Waals surface area contributed by atoms with Gasteiger partial charge in [0.05, 0.1) is 6.20 Å². The molecule has 2 aromatic heterocycles. The Morgan fingerprint density at radius 3 is 2.88 bits per heavy atom. The maximum absolute atomic E-state index is 12.5. The van der Waals surface area contributed by atoms with Gasteiger partial charge in [-0.3, -0.25) is 4.79 Å². The molecular weight excluding hydrogens is 228 g/mol. The van der Waals surface area contributed by atoms with Crippen molar-refractivity contribution in [2.75, 3.05) is 0 Å². The van der Waals surface area contributed by atoms with E-state index in [-0.39, 0.29) is 11.5 Å². The highest BCUT2D eigenvalue weighted by atomic mass is 19.3. The molecule has 0 aliphatic heterocycles. The third kappa shape index (κ3) is 2.28. The van der Waals surface area contributed by atoms with Crippen LogP contribution in [0.5, 0.6) is 0 Å². The lowest BCUT2D eigenvalue weighted by molar-refractivity contribution is -0.111. The minimum Gasteiger partial charge on any atom is -0.285 e. The van der Waals surface area contributed by atoms with Crippen molar-refractivity contribution >= 4 is 11.4 Å². The van der Waals surface area contributed by atoms with Gasteiger partial charge in [-0.25, -0.2) is 18.3 Å². The predicted molar refractivity (Wildman–Crippen MR) is 55.5 cm³/mol. The molecule has 0 radical (unpaired) electrons. The first kappa shape index (κ1) is 11.2. The number of alkyl halides is 2. The van der Waals surface area contributed by atoms with Gasteiger partial charge in [0.1, 0.15) is 11.4 Å². The molecule has 86 valence electrons. The van der Waals surface area contributed by atoms with Crippen molar-refractivity contribution in [3.63, 3.8) is 0 Å². The standard InChI is InChI=1S/C11H7F2N3O/c1-7(17)2-3-8-6-14-10-5-4-9(11(12)13)15-16(8)10/h4-6,11H,1H3. The largest absolute Gasteiger partial charge is 0.285 e. The normalized spacial score (nSPS) is 10.4. The maximum atomic E-state index is 12.5. The van der Waals surface area contributed by atoms with E-state index in [0.717, 1.165) is 0 Å². The zero-order chi connectivity index (χ0) is 12.4. The second-order valence-electron chi connectivity index (χ2n) is 3.28. The fraction of sp³-hybridized carbons (Fsp3) is 0.182. The van der Waals surface area contributed by atoms with E-state index in [4.69, 9.17) is 0 Å². The zero-order valence-corrected chi connectivity index (χ0v) is 8.82. The zero-order valence-electron chi connectivity index (χ0n) is 8.82. The molecule has 0 amide bonds. The SMILES string of the molecule is CC(=O)C#Cc1cnc2ccc(C(F)F)nn12. The van der Waals surface area contributed by atoms with Crippen molar-refractivity contribution in [3.05, 3.63) is 29.7 Å². The molecule has 4 nitrogen and oxygen atoms in total. The average Bonchev–Trinajstić information content (AvgIpc) is 2.68. The summed E-state index contributed by atoms with van der Waals surface area (Å²) >= 11 is 0. The molecule has 17 heavy (non-hydrogen) atoms. The summed E-state index contributed by atoms with van der Waals surface area (Å²) < 4.78 is 26.1. The number of fused-ring (bicyclic) bond motifs is 1. The van der Waals surface area contributed by atoms with Crippen LogP contribution in [0.3, 0.4) is 0 Å². The lowest BCUT2D eigenvalue weighted by atomic mass is 10.4. The fourth-order valence-electron chi connectivity index (χ4n) is 1.24. The van der Waals surface area contributed by atoms with Crippen molar-refractivity contribution in [1.82, 2.24) is 14.6 Å². The molecule has 0 aliphatic carbocycles. The monoisotopic (exact) mass is 235 g/mol. The summed E-state index contributed by atoms with van der Waals surface area (Å²) in [7, 11) is 0. The van der Waals surface area contributed by atoms with E-state index in [1.165, 1.54) is 29.8 Å². The van der Waals surface area contributed by atoms with Gasteiger partial charge >= 0.3 is 0 Å². The van der Waals surface area contributed by atoms with E-state index >= 15 is 0 Å². The Hall–Kier alpha value is -2.29. The number of ketones is 1. The van der Waals surface area contributed by atoms with Gasteiger partial charge in [0, 0.05) is 6.92 Å². The van der Waals surface area contributed by atoms with Crippen molar-refractivity contribution in [3.8, 4) is 11.8 Å². The third-order valence-corrected chi connectivity index (χ3v) is 1.97. The Bertz CT molecular complexity index is 637. The van der Waals surface area contributed by atoms with E-state index in [1.807, 2.05) is 0 Å². The van der Waals surface area contributed by atoms with Crippen LogP contribution in [0.1, 0.15) is 24.7 Å². The molecular formula is C11H7F2N3O. The average molecular weight is 235 g/mol. The van der Waals surface area contributed by atoms with Gasteiger partial charge in [0.2, 0.25) is 5.78 Å². The lowest BCUT2D eigenvalue weighted by Crippen LogP contribution is -2.00. The minimum atomic E-state index is -2.66. The second kappa shape index (κ2) is 4.29. The van der Waals surface area contributed by atoms with Crippen molar-refractivity contribution in [2.45, 2.75) is 13.3 Å². The van der Waals surface area contributed by atoms with Crippen LogP contribution in [-0.2, 0) is 4.79 Å². The molecule has 0 atom stereocenters. The molecule has 0 fully saturated rings. The number of aromatic nitrogens is 3. The molecule has 2 rings (SSSR count). The molecule has 0 N–H and O–H groups in total. The smallest absolute Gasteiger partial charge is 0.282 e. The van der Waals surface area contributed by atoms with Gasteiger partial charge in [-0.2, -0.15) is 5.10 Å². The first-order chi connectivity index (χ1) is 8.08. The van der Waals surface area contributed by atoms with Crippen LogP contribution in [0, 0.1) is 11.8 Å². The maximum Gasteiger partial charge on any atom is 0.282 e. The lowest BCUT2D eigenvalue weighted by Gasteiger charge is -1.99. The quantitative estimate of drug-likeness (QED) is 0.705. The van der Waals surface area contributed by atoms with Crippen molar-refractivity contribution in [2.24, 2.45) is 0 Å². The molecule has 0 spiro atoms. The Labute approximate surface area is 95.3 Å². The van der Waals surface area contributed by atoms with Gasteiger partial charge in [0.15, 0.2) is 5.65 Å². The molecule has 0 aliphatic rings. The highest BCUT2D eigenvalue weighted by Gasteiger charge is 2.11. The minimum absolute atomic E-state index is 0.303. The Balaban J connectivity index is 2.55.